The monoisotopic (exact) mass is 289 g/mol. The lowest BCUT2D eigenvalue weighted by Gasteiger charge is -2.36. The number of benzene rings is 1. The van der Waals surface area contributed by atoms with Crippen molar-refractivity contribution in [2.24, 2.45) is 5.92 Å². The van der Waals surface area contributed by atoms with Gasteiger partial charge in [0.2, 0.25) is 5.91 Å². The Bertz CT molecular complexity index is 497. The molecule has 1 aromatic carbocycles. The number of rotatable bonds is 4. The van der Waals surface area contributed by atoms with Gasteiger partial charge in [-0.2, -0.15) is 0 Å². The first-order valence-electron chi connectivity index (χ1n) is 7.85. The Hall–Kier alpha value is -1.39. The molecule has 1 fully saturated rings. The number of amides is 1. The predicted molar refractivity (Wildman–Crippen MR) is 79.8 cm³/mol. The lowest BCUT2D eigenvalue weighted by atomic mass is 9.92. The van der Waals surface area contributed by atoms with Crippen molar-refractivity contribution in [2.45, 2.75) is 31.7 Å². The van der Waals surface area contributed by atoms with E-state index in [1.807, 2.05) is 23.1 Å². The second-order valence-electron chi connectivity index (χ2n) is 6.00. The summed E-state index contributed by atoms with van der Waals surface area (Å²) >= 11 is 0. The minimum atomic E-state index is -0.178. The Morgan fingerprint density at radius 2 is 2.24 bits per heavy atom. The van der Waals surface area contributed by atoms with Gasteiger partial charge in [0.15, 0.2) is 0 Å². The average molecular weight is 289 g/mol. The molecular weight excluding hydrogens is 266 g/mol. The van der Waals surface area contributed by atoms with Crippen LogP contribution in [0.25, 0.3) is 0 Å². The van der Waals surface area contributed by atoms with Crippen molar-refractivity contribution in [2.75, 3.05) is 26.4 Å². The molecular formula is C17H23NO3. The molecule has 0 aromatic heterocycles. The summed E-state index contributed by atoms with van der Waals surface area (Å²) in [6, 6.07) is 7.94. The van der Waals surface area contributed by atoms with Crippen molar-refractivity contribution in [3.63, 3.8) is 0 Å². The molecule has 21 heavy (non-hydrogen) atoms. The molecule has 2 heterocycles. The molecule has 2 aliphatic rings. The number of aliphatic hydroxyl groups excluding tert-OH is 1. The van der Waals surface area contributed by atoms with Crippen molar-refractivity contribution >= 4 is 5.91 Å². The van der Waals surface area contributed by atoms with E-state index in [0.717, 1.165) is 38.0 Å². The van der Waals surface area contributed by atoms with Crippen LogP contribution in [0.3, 0.4) is 0 Å². The molecule has 3 rings (SSSR count). The van der Waals surface area contributed by atoms with Gasteiger partial charge in [-0.05, 0) is 36.3 Å². The van der Waals surface area contributed by atoms with Crippen LogP contribution in [0.5, 0.6) is 0 Å². The number of carbonyl (C=O) groups excluding carboxylic acids is 1. The van der Waals surface area contributed by atoms with Crippen LogP contribution < -0.4 is 0 Å². The predicted octanol–water partition coefficient (Wildman–Crippen LogP) is 1.92. The average Bonchev–Trinajstić information content (AvgIpc) is 3.04. The van der Waals surface area contributed by atoms with Gasteiger partial charge < -0.3 is 14.7 Å². The van der Waals surface area contributed by atoms with E-state index >= 15 is 0 Å². The van der Waals surface area contributed by atoms with E-state index in [0.29, 0.717) is 18.9 Å². The smallest absolute Gasteiger partial charge is 0.223 e. The largest absolute Gasteiger partial charge is 0.394 e. The fourth-order valence-electron chi connectivity index (χ4n) is 3.43. The van der Waals surface area contributed by atoms with E-state index < -0.39 is 0 Å². The Balaban J connectivity index is 1.65. The van der Waals surface area contributed by atoms with Gasteiger partial charge in [-0.25, -0.2) is 0 Å². The second kappa shape index (κ2) is 6.58. The lowest BCUT2D eigenvalue weighted by molar-refractivity contribution is -0.135. The fourth-order valence-corrected chi connectivity index (χ4v) is 3.43. The Kier molecular flexibility index (Phi) is 4.56. The summed E-state index contributed by atoms with van der Waals surface area (Å²) < 4.78 is 5.36. The molecule has 4 heteroatoms. The summed E-state index contributed by atoms with van der Waals surface area (Å²) in [5, 5.41) is 9.72. The maximum Gasteiger partial charge on any atom is 0.223 e. The molecule has 2 atom stereocenters. The van der Waals surface area contributed by atoms with E-state index in [-0.39, 0.29) is 18.6 Å². The van der Waals surface area contributed by atoms with Gasteiger partial charge in [-0.3, -0.25) is 4.79 Å². The van der Waals surface area contributed by atoms with Crippen molar-refractivity contribution in [1.82, 2.24) is 4.90 Å². The van der Waals surface area contributed by atoms with Crippen LogP contribution in [0.1, 0.15) is 36.4 Å². The molecule has 1 N–H and O–H groups in total. The standard InChI is InChI=1S/C17H23NO3/c19-11-16-15-4-2-1-3-14(15)7-9-18(16)17(20)6-5-13-8-10-21-12-13/h1-4,13,16,19H,5-12H2/t13-,16+/m0/s1. The molecule has 0 bridgehead atoms. The third-order valence-electron chi connectivity index (χ3n) is 4.70. The number of hydrogen-bond acceptors (Lipinski definition) is 3. The van der Waals surface area contributed by atoms with E-state index in [1.54, 1.807) is 0 Å². The highest BCUT2D eigenvalue weighted by molar-refractivity contribution is 5.77. The number of carbonyl (C=O) groups is 1. The summed E-state index contributed by atoms with van der Waals surface area (Å²) in [4.78, 5) is 14.4. The lowest BCUT2D eigenvalue weighted by Crippen LogP contribution is -2.41. The zero-order chi connectivity index (χ0) is 14.7. The van der Waals surface area contributed by atoms with Crippen LogP contribution in [-0.4, -0.2) is 42.3 Å². The van der Waals surface area contributed by atoms with Gasteiger partial charge in [0.05, 0.1) is 12.6 Å². The molecule has 4 nitrogen and oxygen atoms in total. The molecule has 114 valence electrons. The minimum Gasteiger partial charge on any atom is -0.394 e. The third kappa shape index (κ3) is 3.11. The number of aliphatic hydroxyl groups is 1. The van der Waals surface area contributed by atoms with Crippen LogP contribution in [-0.2, 0) is 16.0 Å². The second-order valence-corrected chi connectivity index (χ2v) is 6.00. The summed E-state index contributed by atoms with van der Waals surface area (Å²) in [5.74, 6) is 0.689. The van der Waals surface area contributed by atoms with Gasteiger partial charge in [0.25, 0.3) is 0 Å². The molecule has 1 aromatic rings. The van der Waals surface area contributed by atoms with E-state index in [9.17, 15) is 9.90 Å². The zero-order valence-corrected chi connectivity index (χ0v) is 12.3. The topological polar surface area (TPSA) is 49.8 Å². The van der Waals surface area contributed by atoms with Gasteiger partial charge in [-0.1, -0.05) is 24.3 Å². The molecule has 0 aliphatic carbocycles. The first-order chi connectivity index (χ1) is 10.3. The van der Waals surface area contributed by atoms with Crippen molar-refractivity contribution in [3.8, 4) is 0 Å². The van der Waals surface area contributed by atoms with Crippen LogP contribution in [0.2, 0.25) is 0 Å². The van der Waals surface area contributed by atoms with Gasteiger partial charge >= 0.3 is 0 Å². The normalized spacial score (nSPS) is 24.9. The van der Waals surface area contributed by atoms with E-state index in [1.165, 1.54) is 5.56 Å². The molecule has 2 aliphatic heterocycles. The number of fused-ring (bicyclic) bond motifs is 1. The maximum atomic E-state index is 12.5. The minimum absolute atomic E-state index is 0.00467. The third-order valence-corrected chi connectivity index (χ3v) is 4.70. The summed E-state index contributed by atoms with van der Waals surface area (Å²) in [5.41, 5.74) is 2.36. The molecule has 0 saturated carbocycles. The summed E-state index contributed by atoms with van der Waals surface area (Å²) in [6.45, 7) is 2.33. The molecule has 0 unspecified atom stereocenters. The SMILES string of the molecule is O=C(CC[C@H]1CCOC1)N1CCc2ccccc2[C@H]1CO. The molecule has 1 amide bonds. The van der Waals surface area contributed by atoms with Crippen molar-refractivity contribution < 1.29 is 14.6 Å². The highest BCUT2D eigenvalue weighted by Crippen LogP contribution is 2.30. The zero-order valence-electron chi connectivity index (χ0n) is 12.3. The first kappa shape index (κ1) is 14.5. The van der Waals surface area contributed by atoms with E-state index in [4.69, 9.17) is 4.74 Å². The number of ether oxygens (including phenoxy) is 1. The summed E-state index contributed by atoms with van der Waals surface area (Å²) in [6.07, 6.45) is 3.41. The quantitative estimate of drug-likeness (QED) is 0.921. The highest BCUT2D eigenvalue weighted by Gasteiger charge is 2.30. The van der Waals surface area contributed by atoms with Crippen molar-refractivity contribution in [3.05, 3.63) is 35.4 Å². The molecule has 1 saturated heterocycles. The number of nitrogens with zero attached hydrogens (tertiary/aromatic N) is 1. The van der Waals surface area contributed by atoms with Gasteiger partial charge in [0, 0.05) is 26.2 Å². The first-order valence-corrected chi connectivity index (χ1v) is 7.85. The van der Waals surface area contributed by atoms with E-state index in [2.05, 4.69) is 6.07 Å². The molecule has 0 radical (unpaired) electrons. The van der Waals surface area contributed by atoms with Gasteiger partial charge in [-0.15, -0.1) is 0 Å². The van der Waals surface area contributed by atoms with Crippen LogP contribution in [0.4, 0.5) is 0 Å². The maximum absolute atomic E-state index is 12.5. The van der Waals surface area contributed by atoms with Gasteiger partial charge in [0.1, 0.15) is 0 Å². The van der Waals surface area contributed by atoms with Crippen LogP contribution in [0.15, 0.2) is 24.3 Å². The Morgan fingerprint density at radius 1 is 1.38 bits per heavy atom. The molecule has 0 spiro atoms. The Labute approximate surface area is 125 Å². The van der Waals surface area contributed by atoms with Crippen LogP contribution in [0, 0.1) is 5.92 Å². The number of hydrogen-bond donors (Lipinski definition) is 1. The summed E-state index contributed by atoms with van der Waals surface area (Å²) in [7, 11) is 0. The fraction of sp³-hybridized carbons (Fsp3) is 0.588. The Morgan fingerprint density at radius 3 is 3.00 bits per heavy atom. The van der Waals surface area contributed by atoms with Crippen LogP contribution >= 0.6 is 0 Å². The highest BCUT2D eigenvalue weighted by atomic mass is 16.5. The van der Waals surface area contributed by atoms with Crippen molar-refractivity contribution in [1.29, 1.82) is 0 Å².